The van der Waals surface area contributed by atoms with Gasteiger partial charge in [-0.1, -0.05) is 18.6 Å². The van der Waals surface area contributed by atoms with Crippen LogP contribution in [0.25, 0.3) is 0 Å². The average Bonchev–Trinajstić information content (AvgIpc) is 2.39. The average molecular weight is 272 g/mol. The van der Waals surface area contributed by atoms with Crippen LogP contribution in [0.4, 0.5) is 0 Å². The molecule has 0 aromatic heterocycles. The molecule has 1 fully saturated rings. The molecule has 1 heterocycles. The zero-order valence-corrected chi connectivity index (χ0v) is 11.7. The number of rotatable bonds is 5. The number of para-hydroxylation sites is 2. The molecule has 1 saturated heterocycles. The first kappa shape index (κ1) is 15.1. The molecule has 1 atom stereocenters. The summed E-state index contributed by atoms with van der Waals surface area (Å²) in [6.07, 6.45) is 3.79. The lowest BCUT2D eigenvalue weighted by molar-refractivity contribution is 0.225. The van der Waals surface area contributed by atoms with Crippen LogP contribution in [-0.2, 0) is 0 Å². The van der Waals surface area contributed by atoms with Crippen molar-refractivity contribution in [3.63, 3.8) is 0 Å². The molecule has 0 spiro atoms. The molecule has 0 aliphatic carbocycles. The Bertz CT molecular complexity index is 340. The first-order chi connectivity index (χ1) is 8.40. The Morgan fingerprint density at radius 3 is 2.50 bits per heavy atom. The summed E-state index contributed by atoms with van der Waals surface area (Å²) in [7, 11) is 0. The second kappa shape index (κ2) is 8.22. The van der Waals surface area contributed by atoms with E-state index in [0.717, 1.165) is 24.7 Å². The molecule has 1 aromatic rings. The zero-order valence-electron chi connectivity index (χ0n) is 10.9. The molecular weight excluding hydrogens is 250 g/mol. The molecule has 18 heavy (non-hydrogen) atoms. The maximum absolute atomic E-state index is 5.84. The van der Waals surface area contributed by atoms with E-state index >= 15 is 0 Å². The molecule has 1 aliphatic heterocycles. The van der Waals surface area contributed by atoms with Crippen molar-refractivity contribution in [3.05, 3.63) is 24.3 Å². The fourth-order valence-electron chi connectivity index (χ4n) is 2.10. The predicted octanol–water partition coefficient (Wildman–Crippen LogP) is 3.03. The Labute approximate surface area is 115 Å². The standard InChI is InChI=1S/C14H21NO2.ClH/c1-2-16-13-8-3-4-9-14(13)17-11-12-7-5-6-10-15-12;/h3-4,8-9,12,15H,2,5-7,10-11H2,1H3;1H. The van der Waals surface area contributed by atoms with Crippen molar-refractivity contribution in [1.82, 2.24) is 5.32 Å². The fraction of sp³-hybridized carbons (Fsp3) is 0.571. The molecule has 1 unspecified atom stereocenters. The van der Waals surface area contributed by atoms with Crippen LogP contribution >= 0.6 is 12.4 Å². The zero-order chi connectivity index (χ0) is 11.9. The molecule has 0 bridgehead atoms. The van der Waals surface area contributed by atoms with Gasteiger partial charge in [-0.2, -0.15) is 0 Å². The number of benzene rings is 1. The van der Waals surface area contributed by atoms with Gasteiger partial charge in [-0.3, -0.25) is 0 Å². The van der Waals surface area contributed by atoms with E-state index < -0.39 is 0 Å². The molecule has 0 amide bonds. The summed E-state index contributed by atoms with van der Waals surface area (Å²) in [6, 6.07) is 8.35. The van der Waals surface area contributed by atoms with E-state index in [9.17, 15) is 0 Å². The smallest absolute Gasteiger partial charge is 0.161 e. The monoisotopic (exact) mass is 271 g/mol. The van der Waals surface area contributed by atoms with Gasteiger partial charge in [0.05, 0.1) is 6.61 Å². The molecular formula is C14H22ClNO2. The molecule has 1 aromatic carbocycles. The fourth-order valence-corrected chi connectivity index (χ4v) is 2.10. The Morgan fingerprint density at radius 2 is 1.89 bits per heavy atom. The number of nitrogens with one attached hydrogen (secondary N) is 1. The molecule has 102 valence electrons. The molecule has 0 saturated carbocycles. The van der Waals surface area contributed by atoms with Crippen molar-refractivity contribution in [2.45, 2.75) is 32.2 Å². The number of piperidine rings is 1. The summed E-state index contributed by atoms with van der Waals surface area (Å²) in [6.45, 7) is 4.49. The van der Waals surface area contributed by atoms with Crippen LogP contribution in [-0.4, -0.2) is 25.8 Å². The largest absolute Gasteiger partial charge is 0.490 e. The van der Waals surface area contributed by atoms with Gasteiger partial charge in [0.1, 0.15) is 6.61 Å². The van der Waals surface area contributed by atoms with Gasteiger partial charge < -0.3 is 14.8 Å². The van der Waals surface area contributed by atoms with Crippen LogP contribution in [0.1, 0.15) is 26.2 Å². The Balaban J connectivity index is 0.00000162. The quantitative estimate of drug-likeness (QED) is 0.893. The van der Waals surface area contributed by atoms with E-state index in [2.05, 4.69) is 5.32 Å². The molecule has 3 nitrogen and oxygen atoms in total. The molecule has 2 rings (SSSR count). The van der Waals surface area contributed by atoms with Crippen molar-refractivity contribution in [3.8, 4) is 11.5 Å². The lowest BCUT2D eigenvalue weighted by Crippen LogP contribution is -2.38. The lowest BCUT2D eigenvalue weighted by atomic mass is 10.1. The minimum Gasteiger partial charge on any atom is -0.490 e. The van der Waals surface area contributed by atoms with Crippen molar-refractivity contribution in [1.29, 1.82) is 0 Å². The van der Waals surface area contributed by atoms with Crippen molar-refractivity contribution >= 4 is 12.4 Å². The van der Waals surface area contributed by atoms with E-state index in [-0.39, 0.29) is 12.4 Å². The van der Waals surface area contributed by atoms with Crippen molar-refractivity contribution < 1.29 is 9.47 Å². The van der Waals surface area contributed by atoms with Crippen LogP contribution in [0.2, 0.25) is 0 Å². The third-order valence-electron chi connectivity index (χ3n) is 3.00. The van der Waals surface area contributed by atoms with E-state index in [1.165, 1.54) is 19.3 Å². The molecule has 4 heteroatoms. The van der Waals surface area contributed by atoms with E-state index in [1.807, 2.05) is 31.2 Å². The van der Waals surface area contributed by atoms with Gasteiger partial charge in [-0.05, 0) is 38.4 Å². The van der Waals surface area contributed by atoms with E-state index in [1.54, 1.807) is 0 Å². The SMILES string of the molecule is CCOc1ccccc1OCC1CCCCN1.Cl. The van der Waals surface area contributed by atoms with Crippen LogP contribution in [0.15, 0.2) is 24.3 Å². The van der Waals surface area contributed by atoms with Gasteiger partial charge in [0.2, 0.25) is 0 Å². The topological polar surface area (TPSA) is 30.5 Å². The Morgan fingerprint density at radius 1 is 1.17 bits per heavy atom. The highest BCUT2D eigenvalue weighted by Gasteiger charge is 2.13. The summed E-state index contributed by atoms with van der Waals surface area (Å²) in [5.41, 5.74) is 0. The number of halogens is 1. The van der Waals surface area contributed by atoms with Crippen molar-refractivity contribution in [2.75, 3.05) is 19.8 Å². The van der Waals surface area contributed by atoms with Gasteiger partial charge in [0.15, 0.2) is 11.5 Å². The van der Waals surface area contributed by atoms with Gasteiger partial charge >= 0.3 is 0 Å². The van der Waals surface area contributed by atoms with Crippen LogP contribution in [0, 0.1) is 0 Å². The highest BCUT2D eigenvalue weighted by Crippen LogP contribution is 2.26. The Kier molecular flexibility index (Phi) is 6.91. The van der Waals surface area contributed by atoms with Crippen LogP contribution < -0.4 is 14.8 Å². The number of hydrogen-bond donors (Lipinski definition) is 1. The maximum Gasteiger partial charge on any atom is 0.161 e. The van der Waals surface area contributed by atoms with Crippen molar-refractivity contribution in [2.24, 2.45) is 0 Å². The molecule has 0 radical (unpaired) electrons. The van der Waals surface area contributed by atoms with E-state index in [4.69, 9.17) is 9.47 Å². The Hall–Kier alpha value is -0.930. The number of ether oxygens (including phenoxy) is 2. The third kappa shape index (κ3) is 4.39. The second-order valence-electron chi connectivity index (χ2n) is 4.34. The summed E-state index contributed by atoms with van der Waals surface area (Å²) in [5, 5.41) is 3.47. The maximum atomic E-state index is 5.84. The minimum atomic E-state index is 0. The van der Waals surface area contributed by atoms with E-state index in [0.29, 0.717) is 12.6 Å². The first-order valence-electron chi connectivity index (χ1n) is 6.48. The summed E-state index contributed by atoms with van der Waals surface area (Å²) < 4.78 is 11.4. The minimum absolute atomic E-state index is 0. The number of hydrogen-bond acceptors (Lipinski definition) is 3. The van der Waals surface area contributed by atoms with Gasteiger partial charge in [0, 0.05) is 6.04 Å². The van der Waals surface area contributed by atoms with Crippen LogP contribution in [0.5, 0.6) is 11.5 Å². The molecule has 1 aliphatic rings. The predicted molar refractivity (Wildman–Crippen MR) is 76.0 cm³/mol. The van der Waals surface area contributed by atoms with Gasteiger partial charge in [0.25, 0.3) is 0 Å². The third-order valence-corrected chi connectivity index (χ3v) is 3.00. The van der Waals surface area contributed by atoms with Crippen LogP contribution in [0.3, 0.4) is 0 Å². The molecule has 1 N–H and O–H groups in total. The highest BCUT2D eigenvalue weighted by atomic mass is 35.5. The highest BCUT2D eigenvalue weighted by molar-refractivity contribution is 5.85. The van der Waals surface area contributed by atoms with Gasteiger partial charge in [-0.15, -0.1) is 12.4 Å². The summed E-state index contributed by atoms with van der Waals surface area (Å²) >= 11 is 0. The van der Waals surface area contributed by atoms with Gasteiger partial charge in [-0.25, -0.2) is 0 Å². The second-order valence-corrected chi connectivity index (χ2v) is 4.34. The summed E-state index contributed by atoms with van der Waals surface area (Å²) in [5.74, 6) is 1.69. The first-order valence-corrected chi connectivity index (χ1v) is 6.48. The summed E-state index contributed by atoms with van der Waals surface area (Å²) in [4.78, 5) is 0. The lowest BCUT2D eigenvalue weighted by Gasteiger charge is -2.23. The normalized spacial score (nSPS) is 18.8.